The van der Waals surface area contributed by atoms with E-state index in [1.165, 1.54) is 0 Å². The van der Waals surface area contributed by atoms with Gasteiger partial charge in [-0.25, -0.2) is 0 Å². The number of anilines is 1. The van der Waals surface area contributed by atoms with Crippen LogP contribution in [0.5, 0.6) is 5.75 Å². The zero-order chi connectivity index (χ0) is 15.4. The van der Waals surface area contributed by atoms with Crippen molar-refractivity contribution in [3.8, 4) is 5.75 Å². The van der Waals surface area contributed by atoms with Gasteiger partial charge in [0.1, 0.15) is 5.75 Å². The Morgan fingerprint density at radius 3 is 2.95 bits per heavy atom. The first kappa shape index (κ1) is 15.2. The van der Waals surface area contributed by atoms with Crippen LogP contribution in [0, 0.1) is 0 Å². The van der Waals surface area contributed by atoms with E-state index in [2.05, 4.69) is 21.2 Å². The molecule has 21 heavy (non-hydrogen) atoms. The number of rotatable bonds is 3. The third kappa shape index (κ3) is 4.16. The minimum atomic E-state index is -0.158. The van der Waals surface area contributed by atoms with Gasteiger partial charge in [0.2, 0.25) is 0 Å². The molecule has 1 aliphatic rings. The zero-order valence-corrected chi connectivity index (χ0v) is 13.0. The number of hydrazone groups is 1. The fourth-order valence-corrected chi connectivity index (χ4v) is 2.08. The highest BCUT2D eigenvalue weighted by atomic mass is 32.1. The van der Waals surface area contributed by atoms with E-state index in [1.54, 1.807) is 0 Å². The Bertz CT molecular complexity index is 599. The summed E-state index contributed by atoms with van der Waals surface area (Å²) in [7, 11) is 0. The number of carbonyl (C=O) groups excluding carboxylic acids is 1. The molecule has 0 bridgehead atoms. The summed E-state index contributed by atoms with van der Waals surface area (Å²) in [5, 5.41) is 10.5. The molecule has 3 N–H and O–H groups in total. The van der Waals surface area contributed by atoms with Crippen molar-refractivity contribution >= 4 is 34.6 Å². The number of nitrogens with one attached hydrogen (secondary N) is 3. The number of ether oxygens (including phenoxy) is 1. The van der Waals surface area contributed by atoms with Crippen LogP contribution in [0.3, 0.4) is 0 Å². The van der Waals surface area contributed by atoms with Crippen molar-refractivity contribution in [2.24, 2.45) is 5.10 Å². The topological polar surface area (TPSA) is 74.8 Å². The molecule has 0 saturated carbocycles. The van der Waals surface area contributed by atoms with Crippen LogP contribution in [0.25, 0.3) is 0 Å². The Kier molecular flexibility index (Phi) is 4.74. The molecule has 112 valence electrons. The van der Waals surface area contributed by atoms with E-state index in [1.807, 2.05) is 39.0 Å². The lowest BCUT2D eigenvalue weighted by atomic mass is 10.1. The number of amides is 1. The van der Waals surface area contributed by atoms with Crippen molar-refractivity contribution in [3.05, 3.63) is 23.8 Å². The van der Waals surface area contributed by atoms with Gasteiger partial charge in [-0.05, 0) is 56.8 Å². The summed E-state index contributed by atoms with van der Waals surface area (Å²) < 4.78 is 5.31. The molecule has 0 saturated heterocycles. The van der Waals surface area contributed by atoms with E-state index in [0.29, 0.717) is 16.5 Å². The maximum atomic E-state index is 11.3. The second-order valence-corrected chi connectivity index (χ2v) is 5.39. The van der Waals surface area contributed by atoms with E-state index in [-0.39, 0.29) is 18.6 Å². The summed E-state index contributed by atoms with van der Waals surface area (Å²) in [5.41, 5.74) is 5.07. The van der Waals surface area contributed by atoms with Crippen molar-refractivity contribution < 1.29 is 9.53 Å². The molecule has 0 radical (unpaired) electrons. The number of hydrogen-bond acceptors (Lipinski definition) is 4. The Balaban J connectivity index is 2.09. The summed E-state index contributed by atoms with van der Waals surface area (Å²) in [4.78, 5) is 11.3. The van der Waals surface area contributed by atoms with E-state index >= 15 is 0 Å². The van der Waals surface area contributed by atoms with Gasteiger partial charge in [-0.2, -0.15) is 5.10 Å². The van der Waals surface area contributed by atoms with Crippen LogP contribution in [0.1, 0.15) is 26.3 Å². The van der Waals surface area contributed by atoms with Crippen LogP contribution < -0.4 is 20.8 Å². The summed E-state index contributed by atoms with van der Waals surface area (Å²) >= 11 is 5.11. The highest BCUT2D eigenvalue weighted by Gasteiger charge is 2.16. The average Bonchev–Trinajstić information content (AvgIpc) is 2.43. The van der Waals surface area contributed by atoms with Gasteiger partial charge < -0.3 is 15.4 Å². The van der Waals surface area contributed by atoms with Crippen LogP contribution in [0.4, 0.5) is 5.69 Å². The smallest absolute Gasteiger partial charge is 0.262 e. The predicted octanol–water partition coefficient (Wildman–Crippen LogP) is 1.61. The van der Waals surface area contributed by atoms with Crippen molar-refractivity contribution in [3.63, 3.8) is 0 Å². The summed E-state index contributed by atoms with van der Waals surface area (Å²) in [5.74, 6) is 0.505. The first-order valence-electron chi connectivity index (χ1n) is 6.63. The number of hydrogen-bond donors (Lipinski definition) is 3. The summed E-state index contributed by atoms with van der Waals surface area (Å²) in [6.45, 7) is 5.90. The molecule has 0 atom stereocenters. The fourth-order valence-electron chi connectivity index (χ4n) is 1.80. The first-order valence-corrected chi connectivity index (χ1v) is 7.04. The molecule has 0 spiro atoms. The van der Waals surface area contributed by atoms with Crippen LogP contribution in [0.2, 0.25) is 0 Å². The van der Waals surface area contributed by atoms with Gasteiger partial charge in [-0.3, -0.25) is 10.2 Å². The fraction of sp³-hybridized carbons (Fsp3) is 0.357. The zero-order valence-electron chi connectivity index (χ0n) is 12.2. The standard InChI is InChI=1S/C14H18N4O2S/c1-8(2)15-14(21)18-17-9(3)10-4-5-12-11(6-10)16-13(19)7-20-12/h4-6,8H,7H2,1-3H3,(H,16,19)(H2,15,18,21)/b17-9-. The van der Waals surface area contributed by atoms with Gasteiger partial charge >= 0.3 is 0 Å². The van der Waals surface area contributed by atoms with E-state index in [0.717, 1.165) is 11.3 Å². The molecule has 2 rings (SSSR count). The molecular formula is C14H18N4O2S. The largest absolute Gasteiger partial charge is 0.482 e. The van der Waals surface area contributed by atoms with Gasteiger partial charge in [-0.15, -0.1) is 0 Å². The highest BCUT2D eigenvalue weighted by Crippen LogP contribution is 2.28. The molecule has 0 aliphatic carbocycles. The number of thiocarbonyl (C=S) groups is 1. The third-order valence-corrected chi connectivity index (χ3v) is 2.98. The van der Waals surface area contributed by atoms with Crippen LogP contribution in [-0.4, -0.2) is 29.4 Å². The lowest BCUT2D eigenvalue weighted by Crippen LogP contribution is -2.37. The molecule has 0 aromatic heterocycles. The molecule has 0 fully saturated rings. The minimum absolute atomic E-state index is 0.0517. The lowest BCUT2D eigenvalue weighted by Gasteiger charge is -2.18. The Morgan fingerprint density at radius 2 is 2.24 bits per heavy atom. The molecule has 1 aromatic rings. The van der Waals surface area contributed by atoms with Crippen LogP contribution in [-0.2, 0) is 4.79 Å². The Hall–Kier alpha value is -2.15. The van der Waals surface area contributed by atoms with Crippen molar-refractivity contribution in [2.75, 3.05) is 11.9 Å². The van der Waals surface area contributed by atoms with Gasteiger partial charge in [-0.1, -0.05) is 0 Å². The maximum Gasteiger partial charge on any atom is 0.262 e. The molecule has 1 amide bonds. The van der Waals surface area contributed by atoms with Gasteiger partial charge in [0.25, 0.3) is 5.91 Å². The van der Waals surface area contributed by atoms with E-state index < -0.39 is 0 Å². The third-order valence-electron chi connectivity index (χ3n) is 2.78. The molecule has 6 nitrogen and oxygen atoms in total. The van der Waals surface area contributed by atoms with Crippen molar-refractivity contribution in [1.29, 1.82) is 0 Å². The normalized spacial score (nSPS) is 14.1. The van der Waals surface area contributed by atoms with Crippen molar-refractivity contribution in [2.45, 2.75) is 26.8 Å². The first-order chi connectivity index (χ1) is 9.95. The minimum Gasteiger partial charge on any atom is -0.482 e. The van der Waals surface area contributed by atoms with Crippen LogP contribution >= 0.6 is 12.2 Å². The quantitative estimate of drug-likeness (QED) is 0.449. The molecule has 1 heterocycles. The van der Waals surface area contributed by atoms with Gasteiger partial charge in [0.15, 0.2) is 11.7 Å². The number of carbonyl (C=O) groups is 1. The Labute approximate surface area is 128 Å². The molecule has 1 aliphatic heterocycles. The second kappa shape index (κ2) is 6.53. The Morgan fingerprint density at radius 1 is 1.48 bits per heavy atom. The second-order valence-electron chi connectivity index (χ2n) is 4.98. The predicted molar refractivity (Wildman–Crippen MR) is 86.8 cm³/mol. The monoisotopic (exact) mass is 306 g/mol. The maximum absolute atomic E-state index is 11.3. The van der Waals surface area contributed by atoms with Crippen LogP contribution in [0.15, 0.2) is 23.3 Å². The van der Waals surface area contributed by atoms with E-state index in [9.17, 15) is 4.79 Å². The highest BCUT2D eigenvalue weighted by molar-refractivity contribution is 7.80. The van der Waals surface area contributed by atoms with E-state index in [4.69, 9.17) is 17.0 Å². The SMILES string of the molecule is C/C(=N/NC(=S)NC(C)C)c1ccc2c(c1)NC(=O)CO2. The summed E-state index contributed by atoms with van der Waals surface area (Å²) in [6, 6.07) is 5.77. The van der Waals surface area contributed by atoms with Crippen molar-refractivity contribution in [1.82, 2.24) is 10.7 Å². The molecular weight excluding hydrogens is 288 g/mol. The average molecular weight is 306 g/mol. The molecule has 0 unspecified atom stereocenters. The number of benzene rings is 1. The number of fused-ring (bicyclic) bond motifs is 1. The number of nitrogens with zero attached hydrogens (tertiary/aromatic N) is 1. The van der Waals surface area contributed by atoms with Gasteiger partial charge in [0, 0.05) is 6.04 Å². The lowest BCUT2D eigenvalue weighted by molar-refractivity contribution is -0.118. The molecule has 7 heteroatoms. The van der Waals surface area contributed by atoms with Gasteiger partial charge in [0.05, 0.1) is 11.4 Å². The summed E-state index contributed by atoms with van der Waals surface area (Å²) in [6.07, 6.45) is 0. The molecule has 1 aromatic carbocycles.